The smallest absolute Gasteiger partial charge is 0.316 e. The first-order valence-corrected chi connectivity index (χ1v) is 5.55. The van der Waals surface area contributed by atoms with E-state index in [0.29, 0.717) is 6.54 Å². The molecule has 0 aromatic rings. The van der Waals surface area contributed by atoms with Gasteiger partial charge in [-0.2, -0.15) is 8.78 Å². The fraction of sp³-hybridized carbons (Fsp3) is 1.00. The molecule has 1 saturated heterocycles. The molecule has 2 atom stereocenters. The molecular formula is C6H12F2N2OS. The summed E-state index contributed by atoms with van der Waals surface area (Å²) in [7, 11) is -3.65. The van der Waals surface area contributed by atoms with Crippen LogP contribution in [-0.4, -0.2) is 28.8 Å². The van der Waals surface area contributed by atoms with Gasteiger partial charge in [-0.25, -0.2) is 8.99 Å². The molecule has 0 bridgehead atoms. The van der Waals surface area contributed by atoms with Crippen molar-refractivity contribution in [2.24, 2.45) is 5.92 Å². The molecule has 2 unspecified atom stereocenters. The van der Waals surface area contributed by atoms with E-state index < -0.39 is 15.5 Å². The Morgan fingerprint density at radius 1 is 1.67 bits per heavy atom. The maximum absolute atomic E-state index is 12.0. The van der Waals surface area contributed by atoms with Gasteiger partial charge in [-0.05, 0) is 25.4 Å². The Morgan fingerprint density at radius 2 is 2.33 bits per heavy atom. The minimum absolute atomic E-state index is 0.0102. The number of hydrogen-bond donors (Lipinski definition) is 2. The van der Waals surface area contributed by atoms with Crippen LogP contribution in [0.15, 0.2) is 0 Å². The van der Waals surface area contributed by atoms with E-state index in [0.717, 1.165) is 13.0 Å². The third-order valence-electron chi connectivity index (χ3n) is 1.93. The lowest BCUT2D eigenvalue weighted by Gasteiger charge is -2.10. The van der Waals surface area contributed by atoms with Gasteiger partial charge in [0.05, 0.1) is 0 Å². The standard InChI is InChI=1S/C6H12F2N2OS/c7-6(8)12(9,11)4-5-1-2-10-3-5/h5-6,9-10H,1-4H2. The average Bonchev–Trinajstić information content (AvgIpc) is 2.38. The van der Waals surface area contributed by atoms with Crippen molar-refractivity contribution in [3.05, 3.63) is 0 Å². The largest absolute Gasteiger partial charge is 0.318 e. The lowest BCUT2D eigenvalue weighted by atomic mass is 10.2. The molecule has 0 saturated carbocycles. The van der Waals surface area contributed by atoms with Crippen molar-refractivity contribution in [3.8, 4) is 0 Å². The lowest BCUT2D eigenvalue weighted by molar-refractivity contribution is 0.240. The molecule has 2 N–H and O–H groups in total. The van der Waals surface area contributed by atoms with Gasteiger partial charge in [0.2, 0.25) is 0 Å². The van der Waals surface area contributed by atoms with Crippen LogP contribution in [0.1, 0.15) is 6.42 Å². The quantitative estimate of drug-likeness (QED) is 0.706. The normalized spacial score (nSPS) is 29.1. The van der Waals surface area contributed by atoms with E-state index in [1.54, 1.807) is 0 Å². The topological polar surface area (TPSA) is 53.0 Å². The van der Waals surface area contributed by atoms with Gasteiger partial charge in [-0.15, -0.1) is 0 Å². The summed E-state index contributed by atoms with van der Waals surface area (Å²) in [5.41, 5.74) is 0. The summed E-state index contributed by atoms with van der Waals surface area (Å²) < 4.78 is 41.8. The molecule has 1 rings (SSSR count). The summed E-state index contributed by atoms with van der Waals surface area (Å²) >= 11 is 0. The predicted molar refractivity (Wildman–Crippen MR) is 42.7 cm³/mol. The van der Waals surface area contributed by atoms with Crippen LogP contribution in [0.2, 0.25) is 0 Å². The van der Waals surface area contributed by atoms with Gasteiger partial charge in [-0.3, -0.25) is 0 Å². The van der Waals surface area contributed by atoms with E-state index in [-0.39, 0.29) is 11.7 Å². The van der Waals surface area contributed by atoms with Crippen LogP contribution in [0.3, 0.4) is 0 Å². The third kappa shape index (κ3) is 2.38. The second kappa shape index (κ2) is 3.66. The van der Waals surface area contributed by atoms with Crippen LogP contribution in [0.5, 0.6) is 0 Å². The van der Waals surface area contributed by atoms with Crippen molar-refractivity contribution in [2.75, 3.05) is 18.8 Å². The van der Waals surface area contributed by atoms with Gasteiger partial charge in [0.15, 0.2) is 0 Å². The molecule has 0 spiro atoms. The number of hydrogen-bond acceptors (Lipinski definition) is 3. The summed E-state index contributed by atoms with van der Waals surface area (Å²) in [6.07, 6.45) is 0.753. The first-order chi connectivity index (χ1) is 5.52. The fourth-order valence-electron chi connectivity index (χ4n) is 1.28. The molecular weight excluding hydrogens is 186 g/mol. The minimum Gasteiger partial charge on any atom is -0.316 e. The highest BCUT2D eigenvalue weighted by Gasteiger charge is 2.26. The molecule has 0 radical (unpaired) electrons. The molecule has 0 aromatic heterocycles. The number of halogens is 2. The molecule has 0 aromatic carbocycles. The lowest BCUT2D eigenvalue weighted by Crippen LogP contribution is -2.22. The van der Waals surface area contributed by atoms with E-state index in [1.807, 2.05) is 0 Å². The number of rotatable bonds is 3. The molecule has 12 heavy (non-hydrogen) atoms. The maximum atomic E-state index is 12.0. The first kappa shape index (κ1) is 9.85. The van der Waals surface area contributed by atoms with Crippen molar-refractivity contribution >= 4 is 9.73 Å². The van der Waals surface area contributed by atoms with Crippen LogP contribution < -0.4 is 5.32 Å². The summed E-state index contributed by atoms with van der Waals surface area (Å²) in [6, 6.07) is 0. The van der Waals surface area contributed by atoms with E-state index in [4.69, 9.17) is 4.78 Å². The maximum Gasteiger partial charge on any atom is 0.318 e. The highest BCUT2D eigenvalue weighted by atomic mass is 32.2. The highest BCUT2D eigenvalue weighted by Crippen LogP contribution is 2.15. The molecule has 72 valence electrons. The average molecular weight is 198 g/mol. The zero-order chi connectivity index (χ0) is 9.19. The minimum atomic E-state index is -3.65. The number of alkyl halides is 2. The van der Waals surface area contributed by atoms with Crippen molar-refractivity contribution in [1.29, 1.82) is 4.78 Å². The number of nitrogens with one attached hydrogen (secondary N) is 2. The van der Waals surface area contributed by atoms with Crippen molar-refractivity contribution in [2.45, 2.75) is 12.2 Å². The van der Waals surface area contributed by atoms with Crippen LogP contribution in [0.4, 0.5) is 8.78 Å². The zero-order valence-corrected chi connectivity index (χ0v) is 7.37. The molecule has 1 heterocycles. The SMILES string of the molecule is N=S(=O)(CC1CCNC1)C(F)F. The van der Waals surface area contributed by atoms with Gasteiger partial charge in [0.1, 0.15) is 9.73 Å². The summed E-state index contributed by atoms with van der Waals surface area (Å²) in [4.78, 5) is 0. The molecule has 6 heteroatoms. The molecule has 0 amide bonds. The van der Waals surface area contributed by atoms with Crippen molar-refractivity contribution in [3.63, 3.8) is 0 Å². The van der Waals surface area contributed by atoms with Crippen LogP contribution >= 0.6 is 0 Å². The van der Waals surface area contributed by atoms with Crippen LogP contribution in [-0.2, 0) is 9.73 Å². The Balaban J connectivity index is 2.49. The van der Waals surface area contributed by atoms with Gasteiger partial charge >= 0.3 is 5.76 Å². The fourth-order valence-corrected chi connectivity index (χ4v) is 2.41. The van der Waals surface area contributed by atoms with E-state index in [1.165, 1.54) is 0 Å². The first-order valence-electron chi connectivity index (χ1n) is 3.76. The van der Waals surface area contributed by atoms with Gasteiger partial charge in [-0.1, -0.05) is 0 Å². The summed E-state index contributed by atoms with van der Waals surface area (Å²) in [6.45, 7) is 1.39. The zero-order valence-electron chi connectivity index (χ0n) is 6.56. The van der Waals surface area contributed by atoms with E-state index in [2.05, 4.69) is 5.32 Å². The van der Waals surface area contributed by atoms with Crippen molar-refractivity contribution < 1.29 is 13.0 Å². The molecule has 1 fully saturated rings. The predicted octanol–water partition coefficient (Wildman–Crippen LogP) is 0.865. The Bertz CT molecular complexity index is 234. The monoisotopic (exact) mass is 198 g/mol. The van der Waals surface area contributed by atoms with Gasteiger partial charge in [0.25, 0.3) is 0 Å². The molecule has 1 aliphatic heterocycles. The van der Waals surface area contributed by atoms with E-state index in [9.17, 15) is 13.0 Å². The molecule has 1 aliphatic rings. The third-order valence-corrected chi connectivity index (χ3v) is 3.48. The highest BCUT2D eigenvalue weighted by molar-refractivity contribution is 7.92. The summed E-state index contributed by atoms with van der Waals surface area (Å²) in [5.74, 6) is -3.18. The van der Waals surface area contributed by atoms with Gasteiger partial charge < -0.3 is 5.32 Å². The van der Waals surface area contributed by atoms with Crippen molar-refractivity contribution in [1.82, 2.24) is 5.32 Å². The van der Waals surface area contributed by atoms with Crippen LogP contribution in [0.25, 0.3) is 0 Å². The second-order valence-corrected chi connectivity index (χ2v) is 5.15. The van der Waals surface area contributed by atoms with Crippen LogP contribution in [0, 0.1) is 10.7 Å². The second-order valence-electron chi connectivity index (χ2n) is 3.01. The molecule has 3 nitrogen and oxygen atoms in total. The molecule has 0 aliphatic carbocycles. The Hall–Kier alpha value is -0.230. The Morgan fingerprint density at radius 3 is 2.75 bits per heavy atom. The Kier molecular flexibility index (Phi) is 3.00. The van der Waals surface area contributed by atoms with Gasteiger partial charge in [0, 0.05) is 5.75 Å². The van der Waals surface area contributed by atoms with E-state index >= 15 is 0 Å². The Labute approximate surface area is 70.5 Å². The summed E-state index contributed by atoms with van der Waals surface area (Å²) in [5, 5.41) is 2.98.